The Balaban J connectivity index is 1.36. The Morgan fingerprint density at radius 1 is 1.09 bits per heavy atom. The van der Waals surface area contributed by atoms with Crippen molar-refractivity contribution in [2.24, 2.45) is 5.92 Å². The van der Waals surface area contributed by atoms with Crippen LogP contribution in [0.3, 0.4) is 0 Å². The van der Waals surface area contributed by atoms with Gasteiger partial charge in [-0.2, -0.15) is 5.10 Å². The molecule has 1 fully saturated rings. The predicted molar refractivity (Wildman–Crippen MR) is 124 cm³/mol. The molecule has 1 aliphatic heterocycles. The first-order valence-electron chi connectivity index (χ1n) is 10.8. The summed E-state index contributed by atoms with van der Waals surface area (Å²) in [7, 11) is 0. The Morgan fingerprint density at radius 3 is 2.56 bits per heavy atom. The van der Waals surface area contributed by atoms with Crippen LogP contribution in [0.25, 0.3) is 0 Å². The minimum absolute atomic E-state index is 0.0203. The molecule has 2 heterocycles. The summed E-state index contributed by atoms with van der Waals surface area (Å²) in [6.07, 6.45) is 0.224. The Bertz CT molecular complexity index is 1130. The molecule has 6 nitrogen and oxygen atoms in total. The number of aromatic nitrogens is 2. The number of carbonyl (C=O) groups excluding carboxylic acids is 2. The first-order valence-corrected chi connectivity index (χ1v) is 11.2. The van der Waals surface area contributed by atoms with E-state index in [1.165, 1.54) is 5.56 Å². The van der Waals surface area contributed by atoms with Crippen LogP contribution in [-0.4, -0.2) is 33.0 Å². The molecule has 2 amide bonds. The quantitative estimate of drug-likeness (QED) is 0.594. The van der Waals surface area contributed by atoms with E-state index < -0.39 is 0 Å². The Morgan fingerprint density at radius 2 is 1.81 bits per heavy atom. The van der Waals surface area contributed by atoms with Crippen molar-refractivity contribution >= 4 is 23.4 Å². The minimum Gasteiger partial charge on any atom is -0.352 e. The minimum atomic E-state index is -0.357. The van der Waals surface area contributed by atoms with Crippen LogP contribution in [0.5, 0.6) is 0 Å². The molecule has 0 bridgehead atoms. The molecule has 0 radical (unpaired) electrons. The zero-order chi connectivity index (χ0) is 22.7. The summed E-state index contributed by atoms with van der Waals surface area (Å²) < 4.78 is 1.97. The van der Waals surface area contributed by atoms with Gasteiger partial charge in [0.05, 0.1) is 18.2 Å². The number of halogens is 1. The normalized spacial score (nSPS) is 15.9. The van der Waals surface area contributed by atoms with Gasteiger partial charge in [0.15, 0.2) is 0 Å². The van der Waals surface area contributed by atoms with Crippen LogP contribution in [0, 0.1) is 19.8 Å². The van der Waals surface area contributed by atoms with Crippen LogP contribution in [0.15, 0.2) is 54.6 Å². The van der Waals surface area contributed by atoms with Gasteiger partial charge in [-0.15, -0.1) is 0 Å². The molecular weight excluding hydrogens is 424 g/mol. The maximum Gasteiger partial charge on any atom is 0.225 e. The van der Waals surface area contributed by atoms with Crippen molar-refractivity contribution in [1.29, 1.82) is 0 Å². The molecule has 3 aromatic rings. The number of nitrogens with one attached hydrogen (secondary N) is 1. The molecule has 1 saturated heterocycles. The van der Waals surface area contributed by atoms with Crippen molar-refractivity contribution in [3.63, 3.8) is 0 Å². The highest BCUT2D eigenvalue weighted by Crippen LogP contribution is 2.24. The summed E-state index contributed by atoms with van der Waals surface area (Å²) in [5.41, 5.74) is 5.03. The summed E-state index contributed by atoms with van der Waals surface area (Å²) in [6.45, 7) is 5.90. The highest BCUT2D eigenvalue weighted by Gasteiger charge is 2.34. The second-order valence-corrected chi connectivity index (χ2v) is 8.68. The van der Waals surface area contributed by atoms with Crippen LogP contribution in [-0.2, 0) is 29.2 Å². The van der Waals surface area contributed by atoms with Crippen LogP contribution in [0.2, 0.25) is 5.02 Å². The highest BCUT2D eigenvalue weighted by molar-refractivity contribution is 6.31. The standard InChI is InChI=1S/C25H27ClN4O2/c1-17-22(18(2)30(28-17)14-19-8-4-3-5-9-19)13-27-25(32)21-12-24(31)29(16-21)15-20-10-6-7-11-23(20)26/h3-11,21H,12-16H2,1-2H3,(H,27,32)/t21-/m1/s1. The fraction of sp³-hybridized carbons (Fsp3) is 0.320. The van der Waals surface area contributed by atoms with Crippen molar-refractivity contribution in [3.05, 3.63) is 87.7 Å². The second-order valence-electron chi connectivity index (χ2n) is 8.28. The van der Waals surface area contributed by atoms with Crippen molar-refractivity contribution in [3.8, 4) is 0 Å². The van der Waals surface area contributed by atoms with Crippen LogP contribution >= 0.6 is 11.6 Å². The van der Waals surface area contributed by atoms with Gasteiger partial charge in [-0.1, -0.05) is 60.1 Å². The number of aryl methyl sites for hydroxylation is 1. The first kappa shape index (κ1) is 22.1. The van der Waals surface area contributed by atoms with Crippen molar-refractivity contribution in [2.75, 3.05) is 6.54 Å². The predicted octanol–water partition coefficient (Wildman–Crippen LogP) is 3.87. The summed E-state index contributed by atoms with van der Waals surface area (Å²) in [5.74, 6) is -0.479. The number of amides is 2. The highest BCUT2D eigenvalue weighted by atomic mass is 35.5. The summed E-state index contributed by atoms with van der Waals surface area (Å²) in [4.78, 5) is 27.0. The summed E-state index contributed by atoms with van der Waals surface area (Å²) >= 11 is 6.22. The van der Waals surface area contributed by atoms with Crippen LogP contribution in [0.4, 0.5) is 0 Å². The van der Waals surface area contributed by atoms with E-state index in [0.29, 0.717) is 31.2 Å². The Kier molecular flexibility index (Phi) is 6.61. The van der Waals surface area contributed by atoms with Gasteiger partial charge in [-0.3, -0.25) is 14.3 Å². The molecule has 7 heteroatoms. The number of rotatable bonds is 7. The van der Waals surface area contributed by atoms with E-state index in [0.717, 1.165) is 22.5 Å². The molecule has 0 aliphatic carbocycles. The Labute approximate surface area is 193 Å². The van der Waals surface area contributed by atoms with Crippen molar-refractivity contribution < 1.29 is 9.59 Å². The molecule has 1 atom stereocenters. The van der Waals surface area contributed by atoms with Gasteiger partial charge < -0.3 is 10.2 Å². The lowest BCUT2D eigenvalue weighted by Gasteiger charge is -2.17. The van der Waals surface area contributed by atoms with E-state index in [9.17, 15) is 9.59 Å². The molecule has 0 saturated carbocycles. The molecule has 4 rings (SSSR count). The largest absolute Gasteiger partial charge is 0.352 e. The third-order valence-electron chi connectivity index (χ3n) is 6.05. The monoisotopic (exact) mass is 450 g/mol. The van der Waals surface area contributed by atoms with Crippen LogP contribution < -0.4 is 5.32 Å². The van der Waals surface area contributed by atoms with Gasteiger partial charge in [-0.05, 0) is 31.0 Å². The summed E-state index contributed by atoms with van der Waals surface area (Å²) in [5, 5.41) is 8.30. The van der Waals surface area contributed by atoms with Crippen molar-refractivity contribution in [1.82, 2.24) is 20.0 Å². The molecule has 1 aromatic heterocycles. The van der Waals surface area contributed by atoms with E-state index in [4.69, 9.17) is 11.6 Å². The topological polar surface area (TPSA) is 67.2 Å². The summed E-state index contributed by atoms with van der Waals surface area (Å²) in [6, 6.07) is 17.6. The molecule has 2 aromatic carbocycles. The zero-order valence-electron chi connectivity index (χ0n) is 18.3. The van der Waals surface area contributed by atoms with Gasteiger partial charge in [0.25, 0.3) is 0 Å². The maximum absolute atomic E-state index is 12.8. The van der Waals surface area contributed by atoms with E-state index in [1.807, 2.05) is 61.0 Å². The third-order valence-corrected chi connectivity index (χ3v) is 6.42. The van der Waals surface area contributed by atoms with Gasteiger partial charge in [0.2, 0.25) is 11.8 Å². The fourth-order valence-electron chi connectivity index (χ4n) is 4.15. The average Bonchev–Trinajstić information content (AvgIpc) is 3.28. The number of likely N-dealkylation sites (tertiary alicyclic amines) is 1. The molecule has 1 aliphatic rings. The van der Waals surface area contributed by atoms with E-state index in [2.05, 4.69) is 22.5 Å². The second kappa shape index (κ2) is 9.57. The number of nitrogens with zero attached hydrogens (tertiary/aromatic N) is 3. The molecule has 166 valence electrons. The molecule has 0 spiro atoms. The SMILES string of the molecule is Cc1nn(Cc2ccccc2)c(C)c1CNC(=O)[C@@H]1CC(=O)N(Cc2ccccc2Cl)C1. The fourth-order valence-corrected chi connectivity index (χ4v) is 4.35. The van der Waals surface area contributed by atoms with E-state index in [-0.39, 0.29) is 24.2 Å². The van der Waals surface area contributed by atoms with Gasteiger partial charge >= 0.3 is 0 Å². The lowest BCUT2D eigenvalue weighted by Crippen LogP contribution is -2.32. The van der Waals surface area contributed by atoms with Crippen molar-refractivity contribution in [2.45, 2.75) is 39.9 Å². The molecule has 0 unspecified atom stereocenters. The molecule has 32 heavy (non-hydrogen) atoms. The lowest BCUT2D eigenvalue weighted by molar-refractivity contribution is -0.129. The van der Waals surface area contributed by atoms with Gasteiger partial charge in [-0.25, -0.2) is 0 Å². The Hall–Kier alpha value is -3.12. The first-order chi connectivity index (χ1) is 15.4. The van der Waals surface area contributed by atoms with Gasteiger partial charge in [0, 0.05) is 42.3 Å². The zero-order valence-corrected chi connectivity index (χ0v) is 19.1. The van der Waals surface area contributed by atoms with Gasteiger partial charge in [0.1, 0.15) is 0 Å². The molecular formula is C25H27ClN4O2. The number of hydrogen-bond acceptors (Lipinski definition) is 3. The lowest BCUT2D eigenvalue weighted by atomic mass is 10.1. The number of carbonyl (C=O) groups is 2. The molecule has 1 N–H and O–H groups in total. The average molecular weight is 451 g/mol. The maximum atomic E-state index is 12.8. The number of hydrogen-bond donors (Lipinski definition) is 1. The third kappa shape index (κ3) is 4.86. The van der Waals surface area contributed by atoms with Crippen LogP contribution in [0.1, 0.15) is 34.5 Å². The van der Waals surface area contributed by atoms with E-state index >= 15 is 0 Å². The van der Waals surface area contributed by atoms with E-state index in [1.54, 1.807) is 4.90 Å². The number of benzene rings is 2. The smallest absolute Gasteiger partial charge is 0.225 e.